The van der Waals surface area contributed by atoms with E-state index in [4.69, 9.17) is 0 Å². The molecule has 172 valence electrons. The van der Waals surface area contributed by atoms with Crippen molar-refractivity contribution in [3.63, 3.8) is 0 Å². The summed E-state index contributed by atoms with van der Waals surface area (Å²) in [6.07, 6.45) is 0.854. The molecular formula is C24H27N5O3S. The van der Waals surface area contributed by atoms with Crippen LogP contribution in [-0.4, -0.2) is 32.2 Å². The molecule has 0 unspecified atom stereocenters. The van der Waals surface area contributed by atoms with Crippen LogP contribution in [-0.2, 0) is 9.59 Å². The van der Waals surface area contributed by atoms with Crippen molar-refractivity contribution >= 4 is 35.0 Å². The quantitative estimate of drug-likeness (QED) is 0.427. The van der Waals surface area contributed by atoms with Crippen LogP contribution in [0.4, 0.5) is 11.4 Å². The number of hydrogen-bond acceptors (Lipinski definition) is 6. The zero-order chi connectivity index (χ0) is 24.0. The maximum absolute atomic E-state index is 12.8. The molecule has 1 atom stereocenters. The van der Waals surface area contributed by atoms with E-state index in [1.807, 2.05) is 39.0 Å². The summed E-state index contributed by atoms with van der Waals surface area (Å²) in [4.78, 5) is 40.2. The summed E-state index contributed by atoms with van der Waals surface area (Å²) in [6.45, 7) is 7.59. The molecule has 0 bridgehead atoms. The third-order valence-electron chi connectivity index (χ3n) is 5.23. The second-order valence-corrected chi connectivity index (χ2v) is 8.70. The fourth-order valence-corrected chi connectivity index (χ4v) is 3.99. The monoisotopic (exact) mass is 465 g/mol. The first-order valence-electron chi connectivity index (χ1n) is 10.7. The first-order chi connectivity index (χ1) is 15.8. The summed E-state index contributed by atoms with van der Waals surface area (Å²) in [7, 11) is 0. The summed E-state index contributed by atoms with van der Waals surface area (Å²) in [5.74, 6) is -0.338. The van der Waals surface area contributed by atoms with Crippen LogP contribution in [0.25, 0.3) is 11.3 Å². The molecule has 3 aromatic rings. The number of H-pyrrole nitrogens is 1. The van der Waals surface area contributed by atoms with E-state index in [1.165, 1.54) is 0 Å². The Labute approximate surface area is 196 Å². The minimum absolute atomic E-state index is 0.0965. The number of aryl methyl sites for hydroxylation is 1. The number of hydrogen-bond donors (Lipinski definition) is 3. The summed E-state index contributed by atoms with van der Waals surface area (Å²) in [5.41, 5.74) is 3.48. The Morgan fingerprint density at radius 1 is 1.00 bits per heavy atom. The Bertz CT molecular complexity index is 1220. The number of nitrogens with one attached hydrogen (secondary N) is 3. The zero-order valence-corrected chi connectivity index (χ0v) is 19.9. The average Bonchev–Trinajstić information content (AvgIpc) is 2.81. The molecule has 0 aliphatic rings. The molecule has 1 aromatic heterocycles. The lowest BCUT2D eigenvalue weighted by Crippen LogP contribution is -2.26. The van der Waals surface area contributed by atoms with Crippen LogP contribution >= 0.6 is 11.8 Å². The Balaban J connectivity index is 1.80. The van der Waals surface area contributed by atoms with Gasteiger partial charge in [-0.1, -0.05) is 55.9 Å². The molecule has 0 radical (unpaired) electrons. The highest BCUT2D eigenvalue weighted by atomic mass is 32.2. The van der Waals surface area contributed by atoms with Gasteiger partial charge in [0.05, 0.1) is 10.9 Å². The molecule has 2 amide bonds. The van der Waals surface area contributed by atoms with Gasteiger partial charge in [0, 0.05) is 17.7 Å². The number of carbonyl (C=O) groups is 2. The number of aromatic amines is 1. The second-order valence-electron chi connectivity index (χ2n) is 7.51. The molecule has 8 nitrogen and oxygen atoms in total. The molecule has 33 heavy (non-hydrogen) atoms. The number of nitrogens with zero attached hydrogens (tertiary/aromatic N) is 2. The first-order valence-corrected chi connectivity index (χ1v) is 11.6. The molecule has 0 aliphatic heterocycles. The Morgan fingerprint density at radius 3 is 2.42 bits per heavy atom. The lowest BCUT2D eigenvalue weighted by atomic mass is 10.1. The second kappa shape index (κ2) is 10.9. The van der Waals surface area contributed by atoms with Crippen molar-refractivity contribution in [3.8, 4) is 11.3 Å². The highest BCUT2D eigenvalue weighted by molar-refractivity contribution is 8.00. The molecule has 0 saturated heterocycles. The Hall–Kier alpha value is -3.46. The fraction of sp³-hybridized carbons (Fsp3) is 0.292. The third kappa shape index (κ3) is 5.87. The summed E-state index contributed by atoms with van der Waals surface area (Å²) in [5, 5.41) is 13.8. The van der Waals surface area contributed by atoms with Gasteiger partial charge < -0.3 is 10.6 Å². The van der Waals surface area contributed by atoms with Gasteiger partial charge in [0.25, 0.3) is 5.56 Å². The van der Waals surface area contributed by atoms with Gasteiger partial charge in [-0.05, 0) is 43.5 Å². The highest BCUT2D eigenvalue weighted by Crippen LogP contribution is 2.26. The van der Waals surface area contributed by atoms with Crippen LogP contribution in [0, 0.1) is 13.8 Å². The maximum atomic E-state index is 12.8. The lowest BCUT2D eigenvalue weighted by Gasteiger charge is -2.16. The van der Waals surface area contributed by atoms with Gasteiger partial charge in [-0.3, -0.25) is 19.4 Å². The van der Waals surface area contributed by atoms with Crippen molar-refractivity contribution in [2.75, 3.05) is 10.6 Å². The molecule has 3 rings (SSSR count). The number of rotatable bonds is 8. The standard InChI is InChI=1S/C24H27N5O3S/c1-5-19(22(31)26-17-13-9-10-14(3)15(17)4)33-24-27-23(32)21(28-29-24)16-11-7-8-12-18(16)25-20(30)6-2/h7-13,19H,5-6H2,1-4H3,(H,25,30)(H,26,31)(H,27,29,32)/t19-/m0/s1. The van der Waals surface area contributed by atoms with Gasteiger partial charge in [0.2, 0.25) is 11.8 Å². The number of aromatic nitrogens is 3. The SMILES string of the molecule is CCC(=O)Nc1ccccc1-c1nnc(S[C@@H](CC)C(=O)Nc2cccc(C)c2C)[nH]c1=O. The topological polar surface area (TPSA) is 117 Å². The van der Waals surface area contributed by atoms with Crippen LogP contribution in [0.2, 0.25) is 0 Å². The van der Waals surface area contributed by atoms with Gasteiger partial charge in [0.15, 0.2) is 10.9 Å². The van der Waals surface area contributed by atoms with Crippen molar-refractivity contribution in [2.24, 2.45) is 0 Å². The number of amides is 2. The van der Waals surface area contributed by atoms with E-state index in [1.54, 1.807) is 31.2 Å². The van der Waals surface area contributed by atoms with Gasteiger partial charge in [-0.25, -0.2) is 0 Å². The number of para-hydroxylation sites is 1. The molecule has 0 spiro atoms. The largest absolute Gasteiger partial charge is 0.325 e. The Kier molecular flexibility index (Phi) is 8.00. The Morgan fingerprint density at radius 2 is 1.73 bits per heavy atom. The summed E-state index contributed by atoms with van der Waals surface area (Å²) >= 11 is 1.15. The van der Waals surface area contributed by atoms with Gasteiger partial charge in [-0.15, -0.1) is 10.2 Å². The summed E-state index contributed by atoms with van der Waals surface area (Å²) < 4.78 is 0. The molecule has 0 aliphatic carbocycles. The van der Waals surface area contributed by atoms with E-state index >= 15 is 0 Å². The van der Waals surface area contributed by atoms with Crippen LogP contribution in [0.1, 0.15) is 37.8 Å². The van der Waals surface area contributed by atoms with Gasteiger partial charge in [0.1, 0.15) is 0 Å². The molecule has 2 aromatic carbocycles. The van der Waals surface area contributed by atoms with Crippen molar-refractivity contribution in [2.45, 2.75) is 50.9 Å². The van der Waals surface area contributed by atoms with Crippen molar-refractivity contribution in [1.29, 1.82) is 0 Å². The number of thioether (sulfide) groups is 1. The van der Waals surface area contributed by atoms with Crippen molar-refractivity contribution in [1.82, 2.24) is 15.2 Å². The first kappa shape index (κ1) is 24.2. The van der Waals surface area contributed by atoms with E-state index in [0.717, 1.165) is 28.6 Å². The van der Waals surface area contributed by atoms with Crippen LogP contribution in [0.3, 0.4) is 0 Å². The highest BCUT2D eigenvalue weighted by Gasteiger charge is 2.21. The molecular weight excluding hydrogens is 438 g/mol. The fourth-order valence-electron chi connectivity index (χ4n) is 3.15. The van der Waals surface area contributed by atoms with E-state index in [2.05, 4.69) is 25.8 Å². The van der Waals surface area contributed by atoms with Crippen molar-refractivity contribution in [3.05, 3.63) is 63.9 Å². The number of carbonyl (C=O) groups excluding carboxylic acids is 2. The van der Waals surface area contributed by atoms with E-state index in [-0.39, 0.29) is 22.7 Å². The summed E-state index contributed by atoms with van der Waals surface area (Å²) in [6, 6.07) is 12.7. The zero-order valence-electron chi connectivity index (χ0n) is 19.1. The van der Waals surface area contributed by atoms with Crippen LogP contribution < -0.4 is 16.2 Å². The smallest absolute Gasteiger partial charge is 0.278 e. The molecule has 1 heterocycles. The molecule has 0 saturated carbocycles. The normalized spacial score (nSPS) is 11.6. The number of anilines is 2. The average molecular weight is 466 g/mol. The minimum Gasteiger partial charge on any atom is -0.325 e. The van der Waals surface area contributed by atoms with E-state index in [9.17, 15) is 14.4 Å². The predicted molar refractivity (Wildman–Crippen MR) is 131 cm³/mol. The van der Waals surface area contributed by atoms with Gasteiger partial charge in [-0.2, -0.15) is 0 Å². The van der Waals surface area contributed by atoms with E-state index in [0.29, 0.717) is 24.1 Å². The lowest BCUT2D eigenvalue weighted by molar-refractivity contribution is -0.116. The number of benzene rings is 2. The van der Waals surface area contributed by atoms with Crippen molar-refractivity contribution < 1.29 is 9.59 Å². The van der Waals surface area contributed by atoms with Gasteiger partial charge >= 0.3 is 0 Å². The third-order valence-corrected chi connectivity index (χ3v) is 6.47. The van der Waals surface area contributed by atoms with Crippen LogP contribution in [0.15, 0.2) is 52.4 Å². The molecule has 3 N–H and O–H groups in total. The van der Waals surface area contributed by atoms with Crippen LogP contribution in [0.5, 0.6) is 0 Å². The predicted octanol–water partition coefficient (Wildman–Crippen LogP) is 4.31. The molecule has 0 fully saturated rings. The minimum atomic E-state index is -0.461. The molecule has 9 heteroatoms. The van der Waals surface area contributed by atoms with E-state index < -0.39 is 10.8 Å². The maximum Gasteiger partial charge on any atom is 0.278 e.